The second-order valence-electron chi connectivity index (χ2n) is 4.82. The molecule has 0 radical (unpaired) electrons. The highest BCUT2D eigenvalue weighted by molar-refractivity contribution is 7.89. The first kappa shape index (κ1) is 15.3. The standard InChI is InChI=1S/C15H13NO6S/c17-15(18)14(10-4-2-1-3-5-10)16-23(19,20)11-6-7-12-13(8-11)22-9-21-12/h1-8,14,16H,9H2,(H,17,18)/t14-/m0/s1. The summed E-state index contributed by atoms with van der Waals surface area (Å²) < 4.78 is 37.4. The summed E-state index contributed by atoms with van der Waals surface area (Å²) in [6.07, 6.45) is 0. The maximum Gasteiger partial charge on any atom is 0.326 e. The zero-order chi connectivity index (χ0) is 16.4. The van der Waals surface area contributed by atoms with Gasteiger partial charge in [0.2, 0.25) is 16.8 Å². The van der Waals surface area contributed by atoms with Crippen molar-refractivity contribution >= 4 is 16.0 Å². The molecule has 1 aliphatic rings. The summed E-state index contributed by atoms with van der Waals surface area (Å²) >= 11 is 0. The Morgan fingerprint density at radius 3 is 2.48 bits per heavy atom. The van der Waals surface area contributed by atoms with Crippen LogP contribution >= 0.6 is 0 Å². The predicted molar refractivity (Wildman–Crippen MR) is 79.7 cm³/mol. The van der Waals surface area contributed by atoms with Gasteiger partial charge in [-0.3, -0.25) is 4.79 Å². The fourth-order valence-corrected chi connectivity index (χ4v) is 3.37. The van der Waals surface area contributed by atoms with E-state index in [2.05, 4.69) is 4.72 Å². The van der Waals surface area contributed by atoms with Crippen LogP contribution in [0.5, 0.6) is 11.5 Å². The Balaban J connectivity index is 1.91. The van der Waals surface area contributed by atoms with Gasteiger partial charge in [-0.1, -0.05) is 30.3 Å². The van der Waals surface area contributed by atoms with Gasteiger partial charge < -0.3 is 14.6 Å². The maximum atomic E-state index is 12.4. The second-order valence-corrected chi connectivity index (χ2v) is 6.53. The Bertz CT molecular complexity index is 834. The lowest BCUT2D eigenvalue weighted by molar-refractivity contribution is -0.139. The van der Waals surface area contributed by atoms with E-state index < -0.39 is 22.0 Å². The zero-order valence-electron chi connectivity index (χ0n) is 11.8. The minimum atomic E-state index is -4.04. The van der Waals surface area contributed by atoms with E-state index in [0.29, 0.717) is 17.1 Å². The van der Waals surface area contributed by atoms with Crippen molar-refractivity contribution in [2.24, 2.45) is 0 Å². The topological polar surface area (TPSA) is 102 Å². The molecule has 1 atom stereocenters. The molecule has 23 heavy (non-hydrogen) atoms. The third-order valence-electron chi connectivity index (χ3n) is 3.31. The van der Waals surface area contributed by atoms with Gasteiger partial charge in [-0.25, -0.2) is 8.42 Å². The normalized spacial score (nSPS) is 14.4. The van der Waals surface area contributed by atoms with Crippen LogP contribution in [0, 0.1) is 0 Å². The van der Waals surface area contributed by atoms with Gasteiger partial charge in [-0.05, 0) is 17.7 Å². The summed E-state index contributed by atoms with van der Waals surface area (Å²) in [6, 6.07) is 10.8. The molecule has 1 aliphatic heterocycles. The number of nitrogens with one attached hydrogen (secondary N) is 1. The summed E-state index contributed by atoms with van der Waals surface area (Å²) in [5.41, 5.74) is 0.337. The van der Waals surface area contributed by atoms with Gasteiger partial charge in [-0.2, -0.15) is 4.72 Å². The first-order valence-corrected chi connectivity index (χ1v) is 8.15. The first-order valence-electron chi connectivity index (χ1n) is 6.67. The third kappa shape index (κ3) is 3.13. The molecule has 0 saturated heterocycles. The Morgan fingerprint density at radius 2 is 1.78 bits per heavy atom. The summed E-state index contributed by atoms with van der Waals surface area (Å²) in [7, 11) is -4.04. The van der Waals surface area contributed by atoms with Crippen LogP contribution < -0.4 is 14.2 Å². The molecule has 2 N–H and O–H groups in total. The van der Waals surface area contributed by atoms with Crippen molar-refractivity contribution in [3.63, 3.8) is 0 Å². The Labute approximate surface area is 132 Å². The Morgan fingerprint density at radius 1 is 1.09 bits per heavy atom. The van der Waals surface area contributed by atoms with E-state index in [1.54, 1.807) is 30.3 Å². The highest BCUT2D eigenvalue weighted by Crippen LogP contribution is 2.34. The van der Waals surface area contributed by atoms with Crippen LogP contribution in [0.15, 0.2) is 53.4 Å². The molecule has 2 aromatic carbocycles. The minimum Gasteiger partial charge on any atom is -0.480 e. The van der Waals surface area contributed by atoms with Gasteiger partial charge in [-0.15, -0.1) is 0 Å². The fourth-order valence-electron chi connectivity index (χ4n) is 2.17. The summed E-state index contributed by atoms with van der Waals surface area (Å²) in [5, 5.41) is 9.32. The Kier molecular flexibility index (Phi) is 3.93. The molecule has 0 bridgehead atoms. The number of hydrogen-bond acceptors (Lipinski definition) is 5. The lowest BCUT2D eigenvalue weighted by Gasteiger charge is -2.15. The van der Waals surface area contributed by atoms with Crippen LogP contribution in [0.1, 0.15) is 11.6 Å². The van der Waals surface area contributed by atoms with Crippen LogP contribution in [0.3, 0.4) is 0 Å². The average molecular weight is 335 g/mol. The maximum absolute atomic E-state index is 12.4. The average Bonchev–Trinajstić information content (AvgIpc) is 3.01. The van der Waals surface area contributed by atoms with Gasteiger partial charge in [0, 0.05) is 6.07 Å². The molecule has 0 aliphatic carbocycles. The van der Waals surface area contributed by atoms with E-state index in [1.165, 1.54) is 18.2 Å². The number of carboxylic acid groups (broad SMARTS) is 1. The van der Waals surface area contributed by atoms with Crippen molar-refractivity contribution in [1.82, 2.24) is 4.72 Å². The second kappa shape index (κ2) is 5.90. The zero-order valence-corrected chi connectivity index (χ0v) is 12.6. The largest absolute Gasteiger partial charge is 0.480 e. The number of sulfonamides is 1. The van der Waals surface area contributed by atoms with Gasteiger partial charge in [0.15, 0.2) is 11.5 Å². The molecule has 0 aromatic heterocycles. The molecule has 0 spiro atoms. The van der Waals surface area contributed by atoms with Gasteiger partial charge in [0.25, 0.3) is 0 Å². The van der Waals surface area contributed by atoms with E-state index >= 15 is 0 Å². The van der Waals surface area contributed by atoms with Gasteiger partial charge in [0.05, 0.1) is 4.90 Å². The first-order chi connectivity index (χ1) is 11.0. The quantitative estimate of drug-likeness (QED) is 0.859. The summed E-state index contributed by atoms with van der Waals surface area (Å²) in [4.78, 5) is 11.3. The molecule has 0 saturated carbocycles. The molecule has 8 heteroatoms. The van der Waals surface area contributed by atoms with E-state index in [-0.39, 0.29) is 11.7 Å². The molecular weight excluding hydrogens is 322 g/mol. The number of benzene rings is 2. The molecule has 0 fully saturated rings. The van der Waals surface area contributed by atoms with E-state index in [0.717, 1.165) is 0 Å². The predicted octanol–water partition coefficient (Wildman–Crippen LogP) is 1.52. The Hall–Kier alpha value is -2.58. The molecule has 1 heterocycles. The van der Waals surface area contributed by atoms with E-state index in [1.807, 2.05) is 0 Å². The fraction of sp³-hybridized carbons (Fsp3) is 0.133. The van der Waals surface area contributed by atoms with Crippen LogP contribution in [0.2, 0.25) is 0 Å². The van der Waals surface area contributed by atoms with Crippen molar-refractivity contribution in [2.45, 2.75) is 10.9 Å². The number of hydrogen-bond donors (Lipinski definition) is 2. The lowest BCUT2D eigenvalue weighted by atomic mass is 10.1. The highest BCUT2D eigenvalue weighted by atomic mass is 32.2. The number of fused-ring (bicyclic) bond motifs is 1. The van der Waals surface area contributed by atoms with Crippen LogP contribution in [-0.2, 0) is 14.8 Å². The van der Waals surface area contributed by atoms with Crippen molar-refractivity contribution in [3.05, 3.63) is 54.1 Å². The third-order valence-corrected chi connectivity index (χ3v) is 4.73. The van der Waals surface area contributed by atoms with Crippen molar-refractivity contribution in [1.29, 1.82) is 0 Å². The molecule has 0 unspecified atom stereocenters. The minimum absolute atomic E-state index is 0.0219. The molecule has 7 nitrogen and oxygen atoms in total. The summed E-state index contributed by atoms with van der Waals surface area (Å²) in [6.45, 7) is 0.0219. The number of carboxylic acids is 1. The lowest BCUT2D eigenvalue weighted by Crippen LogP contribution is -2.33. The number of ether oxygens (including phenoxy) is 2. The van der Waals surface area contributed by atoms with Gasteiger partial charge in [0.1, 0.15) is 6.04 Å². The molecule has 0 amide bonds. The molecule has 120 valence electrons. The van der Waals surface area contributed by atoms with Crippen LogP contribution in [0.25, 0.3) is 0 Å². The highest BCUT2D eigenvalue weighted by Gasteiger charge is 2.28. The molecule has 3 rings (SSSR count). The van der Waals surface area contributed by atoms with Crippen molar-refractivity contribution < 1.29 is 27.8 Å². The van der Waals surface area contributed by atoms with Crippen molar-refractivity contribution in [2.75, 3.05) is 6.79 Å². The molecule has 2 aromatic rings. The monoisotopic (exact) mass is 335 g/mol. The number of rotatable bonds is 5. The van der Waals surface area contributed by atoms with Crippen LogP contribution in [-0.4, -0.2) is 26.3 Å². The van der Waals surface area contributed by atoms with Crippen LogP contribution in [0.4, 0.5) is 0 Å². The number of aliphatic carboxylic acids is 1. The number of carbonyl (C=O) groups is 1. The van der Waals surface area contributed by atoms with Crippen molar-refractivity contribution in [3.8, 4) is 11.5 Å². The SMILES string of the molecule is O=C(O)[C@@H](NS(=O)(=O)c1ccc2c(c1)OCO2)c1ccccc1. The van der Waals surface area contributed by atoms with Gasteiger partial charge >= 0.3 is 5.97 Å². The van der Waals surface area contributed by atoms with E-state index in [4.69, 9.17) is 9.47 Å². The summed E-state index contributed by atoms with van der Waals surface area (Å²) in [5.74, 6) is -0.540. The molecular formula is C15H13NO6S. The van der Waals surface area contributed by atoms with E-state index in [9.17, 15) is 18.3 Å². The smallest absolute Gasteiger partial charge is 0.326 e.